The Bertz CT molecular complexity index is 776. The van der Waals surface area contributed by atoms with E-state index in [0.717, 1.165) is 25.2 Å². The molecule has 0 amide bonds. The molecule has 2 rings (SSSR count). The minimum absolute atomic E-state index is 0.322. The zero-order chi connectivity index (χ0) is 18.8. The second kappa shape index (κ2) is 10.3. The second-order valence-electron chi connectivity index (χ2n) is 6.20. The molecule has 1 aromatic carbocycles. The largest absolute Gasteiger partial charge is 0.337 e. The summed E-state index contributed by atoms with van der Waals surface area (Å²) >= 11 is 0. The molecule has 1 atom stereocenters. The number of aliphatic imine (C=N–C) groups is 1. The van der Waals surface area contributed by atoms with Crippen LogP contribution in [-0.4, -0.2) is 29.4 Å². The van der Waals surface area contributed by atoms with E-state index in [-0.39, 0.29) is 0 Å². The molecular formula is C20H28N6. The fourth-order valence-electron chi connectivity index (χ4n) is 2.58. The van der Waals surface area contributed by atoms with Crippen LogP contribution in [-0.2, 0) is 6.54 Å². The summed E-state index contributed by atoms with van der Waals surface area (Å²) in [7, 11) is 0. The molecule has 6 nitrogen and oxygen atoms in total. The van der Waals surface area contributed by atoms with Crippen molar-refractivity contribution < 1.29 is 0 Å². The van der Waals surface area contributed by atoms with Gasteiger partial charge in [0.25, 0.3) is 0 Å². The molecule has 1 heterocycles. The molecule has 26 heavy (non-hydrogen) atoms. The fraction of sp³-hybridized carbons (Fsp3) is 0.350. The summed E-state index contributed by atoms with van der Waals surface area (Å²) in [6.45, 7) is 10.4. The molecule has 3 N–H and O–H groups in total. The summed E-state index contributed by atoms with van der Waals surface area (Å²) in [6, 6.07) is 8.32. The highest BCUT2D eigenvalue weighted by molar-refractivity contribution is 5.55. The van der Waals surface area contributed by atoms with E-state index in [4.69, 9.17) is 5.41 Å². The molecule has 138 valence electrons. The van der Waals surface area contributed by atoms with E-state index in [1.165, 1.54) is 5.56 Å². The molecule has 0 saturated carbocycles. The van der Waals surface area contributed by atoms with Crippen LogP contribution in [0.2, 0.25) is 0 Å². The molecule has 0 saturated heterocycles. The van der Waals surface area contributed by atoms with Crippen molar-refractivity contribution in [3.05, 3.63) is 60.0 Å². The lowest BCUT2D eigenvalue weighted by Gasteiger charge is -2.14. The molecular weight excluding hydrogens is 324 g/mol. The number of nitrogens with one attached hydrogen (secondary N) is 3. The van der Waals surface area contributed by atoms with Crippen molar-refractivity contribution in [2.45, 2.75) is 32.7 Å². The average Bonchev–Trinajstić information content (AvgIpc) is 2.65. The van der Waals surface area contributed by atoms with Gasteiger partial charge in [0.05, 0.1) is 0 Å². The lowest BCUT2D eigenvalue weighted by molar-refractivity contribution is 0.609. The first-order chi connectivity index (χ1) is 12.7. The van der Waals surface area contributed by atoms with E-state index in [2.05, 4.69) is 53.3 Å². The van der Waals surface area contributed by atoms with E-state index >= 15 is 0 Å². The summed E-state index contributed by atoms with van der Waals surface area (Å²) in [5.41, 5.74) is 2.54. The van der Waals surface area contributed by atoms with Gasteiger partial charge in [0.1, 0.15) is 0 Å². The third-order valence-corrected chi connectivity index (χ3v) is 4.09. The van der Waals surface area contributed by atoms with Crippen molar-refractivity contribution in [3.63, 3.8) is 0 Å². The Hall–Kier alpha value is -2.73. The second-order valence-corrected chi connectivity index (χ2v) is 6.20. The van der Waals surface area contributed by atoms with Crippen molar-refractivity contribution in [2.24, 2.45) is 4.99 Å². The molecule has 0 radical (unpaired) electrons. The van der Waals surface area contributed by atoms with E-state index in [1.54, 1.807) is 23.2 Å². The van der Waals surface area contributed by atoms with Crippen molar-refractivity contribution in [1.29, 1.82) is 5.41 Å². The van der Waals surface area contributed by atoms with Gasteiger partial charge in [-0.25, -0.2) is 4.98 Å². The summed E-state index contributed by atoms with van der Waals surface area (Å²) in [5.74, 6) is 0.988. The number of aromatic nitrogens is 2. The van der Waals surface area contributed by atoms with Gasteiger partial charge in [0.15, 0.2) is 11.3 Å². The maximum Gasteiger partial charge on any atom is 0.173 e. The Kier molecular flexibility index (Phi) is 7.76. The number of hydrogen-bond donors (Lipinski definition) is 3. The van der Waals surface area contributed by atoms with Gasteiger partial charge in [-0.05, 0) is 49.4 Å². The molecule has 0 aliphatic heterocycles. The quantitative estimate of drug-likeness (QED) is 0.453. The topological polar surface area (TPSA) is 78.1 Å². The predicted octanol–water partition coefficient (Wildman–Crippen LogP) is 3.42. The Balaban J connectivity index is 2.05. The van der Waals surface area contributed by atoms with Crippen LogP contribution < -0.4 is 16.1 Å². The maximum absolute atomic E-state index is 8.29. The third-order valence-electron chi connectivity index (χ3n) is 4.09. The predicted molar refractivity (Wildman–Crippen MR) is 108 cm³/mol. The molecule has 0 aliphatic carbocycles. The van der Waals surface area contributed by atoms with Gasteiger partial charge >= 0.3 is 0 Å². The number of benzene rings is 1. The number of hydrogen-bond acceptors (Lipinski definition) is 5. The van der Waals surface area contributed by atoms with Gasteiger partial charge in [-0.15, -0.1) is 0 Å². The van der Waals surface area contributed by atoms with Crippen LogP contribution in [0.15, 0.2) is 53.9 Å². The third kappa shape index (κ3) is 5.67. The van der Waals surface area contributed by atoms with Crippen LogP contribution in [0.1, 0.15) is 31.7 Å². The summed E-state index contributed by atoms with van der Waals surface area (Å²) in [5, 5.41) is 15.0. The van der Waals surface area contributed by atoms with Gasteiger partial charge in [0, 0.05) is 37.4 Å². The first-order valence-electron chi connectivity index (χ1n) is 8.94. The standard InChI is InChI=1S/C20H28N6/c1-4-10-23-15-16(2)17-6-8-18(9-7-17)25-20-19(21)26(14-12-24-20)13-5-11-22-3/h5-9,11-12,14,16,21,23H,3-4,10,13,15H2,1-2H3,(H,24,25)/b11-5+,21-19?. The summed E-state index contributed by atoms with van der Waals surface area (Å²) < 4.78 is 1.78. The van der Waals surface area contributed by atoms with Gasteiger partial charge in [0.2, 0.25) is 0 Å². The van der Waals surface area contributed by atoms with Crippen LogP contribution >= 0.6 is 0 Å². The molecule has 1 unspecified atom stereocenters. The van der Waals surface area contributed by atoms with Crippen molar-refractivity contribution >= 4 is 18.2 Å². The molecule has 0 bridgehead atoms. The van der Waals surface area contributed by atoms with Crippen LogP contribution in [0.25, 0.3) is 0 Å². The minimum atomic E-state index is 0.322. The first-order valence-corrected chi connectivity index (χ1v) is 8.94. The van der Waals surface area contributed by atoms with E-state index < -0.39 is 0 Å². The Morgan fingerprint density at radius 3 is 2.81 bits per heavy atom. The summed E-state index contributed by atoms with van der Waals surface area (Å²) in [4.78, 5) is 7.96. The van der Waals surface area contributed by atoms with E-state index in [1.807, 2.05) is 18.2 Å². The van der Waals surface area contributed by atoms with Crippen LogP contribution in [0.4, 0.5) is 11.5 Å². The molecule has 6 heteroatoms. The van der Waals surface area contributed by atoms with Gasteiger partial charge in [-0.3, -0.25) is 10.4 Å². The fourth-order valence-corrected chi connectivity index (χ4v) is 2.58. The highest BCUT2D eigenvalue weighted by Crippen LogP contribution is 2.18. The van der Waals surface area contributed by atoms with E-state index in [9.17, 15) is 0 Å². The zero-order valence-electron chi connectivity index (χ0n) is 15.6. The molecule has 0 aliphatic rings. The van der Waals surface area contributed by atoms with Gasteiger partial charge in [-0.2, -0.15) is 0 Å². The van der Waals surface area contributed by atoms with Crippen molar-refractivity contribution in [1.82, 2.24) is 14.9 Å². The van der Waals surface area contributed by atoms with Crippen LogP contribution in [0.5, 0.6) is 0 Å². The Labute approximate surface area is 155 Å². The average molecular weight is 352 g/mol. The number of rotatable bonds is 10. The highest BCUT2D eigenvalue weighted by atomic mass is 15.1. The van der Waals surface area contributed by atoms with Gasteiger partial charge < -0.3 is 15.2 Å². The molecule has 1 aromatic heterocycles. The monoisotopic (exact) mass is 352 g/mol. The number of anilines is 2. The maximum atomic E-state index is 8.29. The molecule has 2 aromatic rings. The summed E-state index contributed by atoms with van der Waals surface area (Å²) in [6.07, 6.45) is 8.07. The lowest BCUT2D eigenvalue weighted by atomic mass is 10.0. The minimum Gasteiger partial charge on any atom is -0.337 e. The lowest BCUT2D eigenvalue weighted by Crippen LogP contribution is -2.23. The Morgan fingerprint density at radius 2 is 2.12 bits per heavy atom. The number of nitrogens with zero attached hydrogens (tertiary/aromatic N) is 3. The van der Waals surface area contributed by atoms with Crippen LogP contribution in [0.3, 0.4) is 0 Å². The van der Waals surface area contributed by atoms with Crippen molar-refractivity contribution in [3.8, 4) is 0 Å². The first kappa shape index (κ1) is 19.6. The smallest absolute Gasteiger partial charge is 0.173 e. The van der Waals surface area contributed by atoms with Gasteiger partial charge in [-0.1, -0.05) is 26.0 Å². The Morgan fingerprint density at radius 1 is 1.35 bits per heavy atom. The van der Waals surface area contributed by atoms with Crippen molar-refractivity contribution in [2.75, 3.05) is 18.4 Å². The molecule has 0 spiro atoms. The SMILES string of the molecule is C=N/C=C/Cn1ccnc(Nc2ccc(C(C)CNCCC)cc2)c1=N. The highest BCUT2D eigenvalue weighted by Gasteiger charge is 2.06. The number of allylic oxidation sites excluding steroid dienone is 1. The van der Waals surface area contributed by atoms with Crippen LogP contribution in [0, 0.1) is 5.41 Å². The van der Waals surface area contributed by atoms with E-state index in [0.29, 0.717) is 23.8 Å². The zero-order valence-corrected chi connectivity index (χ0v) is 15.6. The molecule has 0 fully saturated rings. The normalized spacial score (nSPS) is 12.2.